The minimum atomic E-state index is -0.825. The van der Waals surface area contributed by atoms with Crippen molar-refractivity contribution in [2.45, 2.75) is 309 Å². The van der Waals surface area contributed by atoms with Crippen LogP contribution in [0.2, 0.25) is 0 Å². The van der Waals surface area contributed by atoms with E-state index >= 15 is 0 Å². The van der Waals surface area contributed by atoms with E-state index in [1.165, 1.54) is 193 Å². The lowest BCUT2D eigenvalue weighted by atomic mass is 10.0. The summed E-state index contributed by atoms with van der Waals surface area (Å²) in [5, 5.41) is 0. The zero-order valence-corrected chi connectivity index (χ0v) is 45.8. The fraction of sp³-hybridized carbons (Fsp3) is 0.794. The fourth-order valence-electron chi connectivity index (χ4n) is 8.64. The van der Waals surface area contributed by atoms with Crippen LogP contribution in [0, 0.1) is 0 Å². The average molecular weight is 966 g/mol. The van der Waals surface area contributed by atoms with Gasteiger partial charge in [-0.3, -0.25) is 14.4 Å². The number of carbonyl (C=O) groups excluding carboxylic acids is 3. The molecule has 0 spiro atoms. The zero-order valence-electron chi connectivity index (χ0n) is 45.8. The molecule has 0 aliphatic heterocycles. The molecule has 1 atom stereocenters. The predicted molar refractivity (Wildman–Crippen MR) is 298 cm³/mol. The van der Waals surface area contributed by atoms with E-state index in [9.17, 15) is 14.4 Å². The number of ether oxygens (including phenoxy) is 3. The van der Waals surface area contributed by atoms with E-state index in [2.05, 4.69) is 69.4 Å². The monoisotopic (exact) mass is 965 g/mol. The van der Waals surface area contributed by atoms with Crippen molar-refractivity contribution >= 4 is 17.9 Å². The molecule has 0 rings (SSSR count). The molecule has 0 saturated carbocycles. The van der Waals surface area contributed by atoms with E-state index in [0.29, 0.717) is 12.8 Å². The minimum absolute atomic E-state index is 0.101. The second kappa shape index (κ2) is 57.7. The van der Waals surface area contributed by atoms with E-state index in [1.807, 2.05) is 6.08 Å². The van der Waals surface area contributed by atoms with E-state index in [-0.39, 0.29) is 31.6 Å². The number of unbranched alkanes of at least 4 members (excludes halogenated alkanes) is 34. The van der Waals surface area contributed by atoms with E-state index in [4.69, 9.17) is 14.2 Å². The molecule has 0 aromatic carbocycles. The van der Waals surface area contributed by atoms with Gasteiger partial charge in [0.1, 0.15) is 13.2 Å². The van der Waals surface area contributed by atoms with Crippen molar-refractivity contribution in [3.63, 3.8) is 0 Å². The van der Waals surface area contributed by atoms with Crippen LogP contribution in [0.4, 0.5) is 0 Å². The summed E-state index contributed by atoms with van der Waals surface area (Å²) in [5.41, 5.74) is 0. The van der Waals surface area contributed by atoms with Crippen molar-refractivity contribution in [3.05, 3.63) is 60.8 Å². The summed E-state index contributed by atoms with van der Waals surface area (Å²) in [6.07, 6.45) is 72.6. The molecule has 0 aromatic heterocycles. The van der Waals surface area contributed by atoms with Gasteiger partial charge in [-0.15, -0.1) is 0 Å². The van der Waals surface area contributed by atoms with Gasteiger partial charge in [-0.2, -0.15) is 0 Å². The first-order chi connectivity index (χ1) is 34.0. The van der Waals surface area contributed by atoms with Crippen LogP contribution in [0.15, 0.2) is 60.8 Å². The molecule has 0 aliphatic rings. The second-order valence-corrected chi connectivity index (χ2v) is 19.9. The van der Waals surface area contributed by atoms with Gasteiger partial charge in [0.15, 0.2) is 6.10 Å². The van der Waals surface area contributed by atoms with Gasteiger partial charge in [-0.25, -0.2) is 0 Å². The Morgan fingerprint density at radius 3 is 0.826 bits per heavy atom. The Morgan fingerprint density at radius 1 is 0.304 bits per heavy atom. The van der Waals surface area contributed by atoms with Crippen LogP contribution in [0.5, 0.6) is 0 Å². The predicted octanol–water partition coefficient (Wildman–Crippen LogP) is 20.0. The molecule has 0 heterocycles. The zero-order chi connectivity index (χ0) is 50.0. The second-order valence-electron chi connectivity index (χ2n) is 19.9. The summed E-state index contributed by atoms with van der Waals surface area (Å²) in [4.78, 5) is 38.0. The lowest BCUT2D eigenvalue weighted by Gasteiger charge is -2.18. The highest BCUT2D eigenvalue weighted by atomic mass is 16.6. The quantitative estimate of drug-likeness (QED) is 0.0262. The van der Waals surface area contributed by atoms with Gasteiger partial charge in [-0.1, -0.05) is 300 Å². The molecular formula is C63H112O6. The van der Waals surface area contributed by atoms with Gasteiger partial charge in [-0.05, 0) is 44.9 Å². The highest BCUT2D eigenvalue weighted by molar-refractivity contribution is 5.72. The van der Waals surface area contributed by atoms with Gasteiger partial charge < -0.3 is 14.2 Å². The topological polar surface area (TPSA) is 78.9 Å². The lowest BCUT2D eigenvalue weighted by Crippen LogP contribution is -2.30. The Hall–Kier alpha value is -2.89. The molecule has 0 bridgehead atoms. The Labute approximate surface area is 428 Å². The molecule has 0 amide bonds. The van der Waals surface area contributed by atoms with Gasteiger partial charge in [0.2, 0.25) is 0 Å². The Bertz CT molecular complexity index is 1250. The largest absolute Gasteiger partial charge is 0.462 e. The van der Waals surface area contributed by atoms with Crippen LogP contribution in [-0.4, -0.2) is 37.2 Å². The van der Waals surface area contributed by atoms with Crippen LogP contribution in [-0.2, 0) is 28.6 Å². The molecule has 6 nitrogen and oxygen atoms in total. The molecule has 0 fully saturated rings. The summed E-state index contributed by atoms with van der Waals surface area (Å²) in [6.45, 7) is 6.47. The fourth-order valence-corrected chi connectivity index (χ4v) is 8.64. The van der Waals surface area contributed by atoms with Gasteiger partial charge in [0, 0.05) is 12.8 Å². The van der Waals surface area contributed by atoms with Crippen molar-refractivity contribution in [2.24, 2.45) is 0 Å². The standard InChI is InChI=1S/C63H112O6/c1-4-7-10-13-16-19-22-24-26-27-28-29-30-31-32-33-34-35-37-38-41-44-47-50-53-56-62(65)68-59-60(58-67-61(64)55-52-49-46-43-40-21-18-15-12-9-6-3)69-63(66)57-54-51-48-45-42-39-36-25-23-20-17-14-11-8-5-2/h8,11,17,20,25,36,42,45,51,54,60H,4-7,9-10,12-16,18-19,21-24,26-35,37-41,43-44,46-50,52-53,55-59H2,1-3H3/b11-8-,20-17-,36-25-,45-42-,54-51-. The van der Waals surface area contributed by atoms with E-state index < -0.39 is 12.1 Å². The molecule has 0 N–H and O–H groups in total. The van der Waals surface area contributed by atoms with Crippen LogP contribution in [0.3, 0.4) is 0 Å². The Morgan fingerprint density at radius 2 is 0.551 bits per heavy atom. The maximum Gasteiger partial charge on any atom is 0.310 e. The smallest absolute Gasteiger partial charge is 0.310 e. The van der Waals surface area contributed by atoms with Gasteiger partial charge in [0.05, 0.1) is 6.42 Å². The molecule has 400 valence electrons. The average Bonchev–Trinajstić information content (AvgIpc) is 3.35. The number of hydrogen-bond acceptors (Lipinski definition) is 6. The van der Waals surface area contributed by atoms with Crippen LogP contribution < -0.4 is 0 Å². The SMILES string of the molecule is CC/C=C\C/C=C\C/C=C\C/C=C\C/C=C\CC(=O)OC(COC(=O)CCCCCCCCCCCCC)COC(=O)CCCCCCCCCCCCCCCCCCCCCCCCCCC. The van der Waals surface area contributed by atoms with Crippen LogP contribution in [0.25, 0.3) is 0 Å². The van der Waals surface area contributed by atoms with Crippen LogP contribution in [0.1, 0.15) is 303 Å². The molecule has 69 heavy (non-hydrogen) atoms. The lowest BCUT2D eigenvalue weighted by molar-refractivity contribution is -0.166. The third-order valence-electron chi connectivity index (χ3n) is 13.1. The Balaban J connectivity index is 4.27. The first-order valence-electron chi connectivity index (χ1n) is 29.8. The summed E-state index contributed by atoms with van der Waals surface area (Å²) in [7, 11) is 0. The third-order valence-corrected chi connectivity index (χ3v) is 13.1. The van der Waals surface area contributed by atoms with Crippen LogP contribution >= 0.6 is 0 Å². The number of esters is 3. The third kappa shape index (κ3) is 55.9. The van der Waals surface area contributed by atoms with Crippen molar-refractivity contribution in [3.8, 4) is 0 Å². The number of carbonyl (C=O) groups is 3. The molecule has 0 saturated heterocycles. The van der Waals surface area contributed by atoms with Crippen molar-refractivity contribution in [1.29, 1.82) is 0 Å². The summed E-state index contributed by atoms with van der Waals surface area (Å²) in [6, 6.07) is 0. The molecule has 1 unspecified atom stereocenters. The number of rotatable bonds is 54. The van der Waals surface area contributed by atoms with E-state index in [0.717, 1.165) is 70.6 Å². The molecule has 0 aromatic rings. The first-order valence-corrected chi connectivity index (χ1v) is 29.8. The summed E-state index contributed by atoms with van der Waals surface area (Å²) < 4.78 is 16.7. The normalized spacial score (nSPS) is 12.4. The minimum Gasteiger partial charge on any atom is -0.462 e. The highest BCUT2D eigenvalue weighted by Gasteiger charge is 2.19. The van der Waals surface area contributed by atoms with E-state index in [1.54, 1.807) is 6.08 Å². The summed E-state index contributed by atoms with van der Waals surface area (Å²) in [5.74, 6) is -1.03. The van der Waals surface area contributed by atoms with Gasteiger partial charge in [0.25, 0.3) is 0 Å². The maximum absolute atomic E-state index is 12.8. The molecule has 6 heteroatoms. The molecule has 0 aliphatic carbocycles. The first kappa shape index (κ1) is 66.1. The van der Waals surface area contributed by atoms with Gasteiger partial charge >= 0.3 is 17.9 Å². The maximum atomic E-state index is 12.8. The van der Waals surface area contributed by atoms with Crippen molar-refractivity contribution in [1.82, 2.24) is 0 Å². The number of allylic oxidation sites excluding steroid dienone is 9. The molecular weight excluding hydrogens is 853 g/mol. The Kier molecular flexibility index (Phi) is 55.3. The number of hydrogen-bond donors (Lipinski definition) is 0. The molecule has 0 radical (unpaired) electrons. The van der Waals surface area contributed by atoms with Crippen molar-refractivity contribution in [2.75, 3.05) is 13.2 Å². The summed E-state index contributed by atoms with van der Waals surface area (Å²) >= 11 is 0. The highest BCUT2D eigenvalue weighted by Crippen LogP contribution is 2.17. The van der Waals surface area contributed by atoms with Crippen molar-refractivity contribution < 1.29 is 28.6 Å².